The van der Waals surface area contributed by atoms with E-state index in [1.165, 1.54) is 40.8 Å². The number of benzene rings is 1. The van der Waals surface area contributed by atoms with Crippen LogP contribution in [0.1, 0.15) is 12.6 Å². The lowest BCUT2D eigenvalue weighted by Crippen LogP contribution is -2.30. The normalized spacial score (nSPS) is 11.4. The second kappa shape index (κ2) is 6.19. The molecule has 2 N–H and O–H groups in total. The van der Waals surface area contributed by atoms with E-state index in [9.17, 15) is 12.8 Å². The van der Waals surface area contributed by atoms with E-state index in [4.69, 9.17) is 5.73 Å². The predicted octanol–water partition coefficient (Wildman–Crippen LogP) is 1.89. The summed E-state index contributed by atoms with van der Waals surface area (Å²) in [6, 6.07) is 8.35. The third kappa shape index (κ3) is 3.20. The molecule has 21 heavy (non-hydrogen) atoms. The van der Waals surface area contributed by atoms with Crippen LogP contribution in [0.3, 0.4) is 0 Å². The van der Waals surface area contributed by atoms with Crippen molar-refractivity contribution in [1.82, 2.24) is 4.98 Å². The first kappa shape index (κ1) is 15.4. The summed E-state index contributed by atoms with van der Waals surface area (Å²) in [6.07, 6.45) is 1.28. The number of halogens is 1. The Morgan fingerprint density at radius 3 is 2.33 bits per heavy atom. The van der Waals surface area contributed by atoms with E-state index in [1.54, 1.807) is 13.0 Å². The van der Waals surface area contributed by atoms with Crippen LogP contribution in [0.25, 0.3) is 0 Å². The molecule has 2 aromatic rings. The molecule has 0 amide bonds. The molecule has 1 heterocycles. The average molecular weight is 309 g/mol. The molecule has 0 saturated heterocycles. The number of hydrogen-bond acceptors (Lipinski definition) is 4. The first-order valence-electron chi connectivity index (χ1n) is 6.42. The van der Waals surface area contributed by atoms with E-state index < -0.39 is 15.8 Å². The largest absolute Gasteiger partial charge is 0.325 e. The van der Waals surface area contributed by atoms with E-state index in [2.05, 4.69) is 4.98 Å². The highest BCUT2D eigenvalue weighted by molar-refractivity contribution is 7.92. The van der Waals surface area contributed by atoms with Crippen LogP contribution in [0, 0.1) is 5.82 Å². The van der Waals surface area contributed by atoms with Crippen molar-refractivity contribution < 1.29 is 12.8 Å². The lowest BCUT2D eigenvalue weighted by molar-refractivity contribution is 0.591. The fourth-order valence-electron chi connectivity index (χ4n) is 1.91. The molecule has 112 valence electrons. The fraction of sp³-hybridized carbons (Fsp3) is 0.214. The van der Waals surface area contributed by atoms with Crippen molar-refractivity contribution in [1.29, 1.82) is 0 Å². The van der Waals surface area contributed by atoms with Crippen LogP contribution in [-0.2, 0) is 16.6 Å². The van der Waals surface area contributed by atoms with Crippen molar-refractivity contribution in [2.24, 2.45) is 5.73 Å². The molecular formula is C14H16FN3O2S. The maximum Gasteiger partial charge on any atom is 0.265 e. The Balaban J connectivity index is 2.41. The average Bonchev–Trinajstić information content (AvgIpc) is 2.50. The van der Waals surface area contributed by atoms with Crippen LogP contribution in [0.15, 0.2) is 47.5 Å². The Morgan fingerprint density at radius 2 is 1.86 bits per heavy atom. The number of nitrogens with zero attached hydrogens (tertiary/aromatic N) is 2. The molecular weight excluding hydrogens is 293 g/mol. The Labute approximate surface area is 123 Å². The highest BCUT2D eigenvalue weighted by Crippen LogP contribution is 2.23. The van der Waals surface area contributed by atoms with Gasteiger partial charge in [0.1, 0.15) is 10.7 Å². The summed E-state index contributed by atoms with van der Waals surface area (Å²) in [5.74, 6) is -0.416. The molecule has 0 bridgehead atoms. The molecule has 0 spiro atoms. The zero-order valence-corrected chi connectivity index (χ0v) is 12.3. The molecule has 2 rings (SSSR count). The third-order valence-electron chi connectivity index (χ3n) is 3.00. The molecule has 1 aromatic heterocycles. The molecule has 0 atom stereocenters. The summed E-state index contributed by atoms with van der Waals surface area (Å²) >= 11 is 0. The quantitative estimate of drug-likeness (QED) is 0.915. The van der Waals surface area contributed by atoms with Gasteiger partial charge in [-0.3, -0.25) is 9.29 Å². The van der Waals surface area contributed by atoms with E-state index >= 15 is 0 Å². The minimum Gasteiger partial charge on any atom is -0.325 e. The summed E-state index contributed by atoms with van der Waals surface area (Å²) in [6.45, 7) is 2.19. The molecule has 0 saturated carbocycles. The van der Waals surface area contributed by atoms with Crippen LogP contribution in [-0.4, -0.2) is 19.9 Å². The second-order valence-corrected chi connectivity index (χ2v) is 6.20. The minimum absolute atomic E-state index is 0.0749. The highest BCUT2D eigenvalue weighted by atomic mass is 32.2. The first-order chi connectivity index (χ1) is 9.98. The summed E-state index contributed by atoms with van der Waals surface area (Å²) < 4.78 is 39.4. The van der Waals surface area contributed by atoms with Gasteiger partial charge >= 0.3 is 0 Å². The van der Waals surface area contributed by atoms with Gasteiger partial charge in [-0.2, -0.15) is 0 Å². The molecule has 0 aliphatic rings. The topological polar surface area (TPSA) is 76.3 Å². The van der Waals surface area contributed by atoms with Gasteiger partial charge in [0.05, 0.1) is 11.4 Å². The van der Waals surface area contributed by atoms with E-state index in [0.717, 1.165) is 0 Å². The van der Waals surface area contributed by atoms with Gasteiger partial charge in [-0.25, -0.2) is 12.8 Å². The first-order valence-corrected chi connectivity index (χ1v) is 7.86. The summed E-state index contributed by atoms with van der Waals surface area (Å²) in [7, 11) is -3.73. The lowest BCUT2D eigenvalue weighted by Gasteiger charge is -2.22. The number of hydrogen-bond donors (Lipinski definition) is 1. The van der Waals surface area contributed by atoms with E-state index in [-0.39, 0.29) is 18.0 Å². The Morgan fingerprint density at radius 1 is 1.19 bits per heavy atom. The van der Waals surface area contributed by atoms with Crippen molar-refractivity contribution in [2.45, 2.75) is 18.4 Å². The second-order valence-electron chi connectivity index (χ2n) is 4.34. The van der Waals surface area contributed by atoms with Gasteiger partial charge in [-0.1, -0.05) is 0 Å². The monoisotopic (exact) mass is 309 g/mol. The van der Waals surface area contributed by atoms with Crippen LogP contribution >= 0.6 is 0 Å². The van der Waals surface area contributed by atoms with Crippen molar-refractivity contribution in [3.63, 3.8) is 0 Å². The predicted molar refractivity (Wildman–Crippen MR) is 78.7 cm³/mol. The van der Waals surface area contributed by atoms with Crippen molar-refractivity contribution in [3.8, 4) is 0 Å². The van der Waals surface area contributed by atoms with E-state index in [0.29, 0.717) is 11.4 Å². The summed E-state index contributed by atoms with van der Waals surface area (Å²) in [5.41, 5.74) is 6.46. The van der Waals surface area contributed by atoms with Crippen LogP contribution in [0.4, 0.5) is 10.1 Å². The number of aromatic nitrogens is 1. The van der Waals surface area contributed by atoms with Crippen LogP contribution in [0.5, 0.6) is 0 Å². The number of anilines is 1. The van der Waals surface area contributed by atoms with Gasteiger partial charge in [0, 0.05) is 19.3 Å². The molecule has 0 fully saturated rings. The molecule has 1 aromatic carbocycles. The zero-order valence-electron chi connectivity index (χ0n) is 11.5. The fourth-order valence-corrected chi connectivity index (χ4v) is 3.33. The maximum atomic E-state index is 13.0. The Hall–Kier alpha value is -1.99. The molecule has 0 radical (unpaired) electrons. The van der Waals surface area contributed by atoms with E-state index in [1.807, 2.05) is 0 Å². The van der Waals surface area contributed by atoms with Gasteiger partial charge in [-0.15, -0.1) is 0 Å². The molecule has 7 heteroatoms. The lowest BCUT2D eigenvalue weighted by atomic mass is 10.3. The molecule has 0 aliphatic carbocycles. The Bertz CT molecular complexity index is 700. The highest BCUT2D eigenvalue weighted by Gasteiger charge is 2.23. The number of rotatable bonds is 5. The molecule has 5 nitrogen and oxygen atoms in total. The van der Waals surface area contributed by atoms with Gasteiger partial charge in [0.2, 0.25) is 0 Å². The standard InChI is InChI=1S/C14H16FN3O2S/c1-2-18(13-6-3-11(15)4-7-13)21(19,20)14-8-5-12(9-16)17-10-14/h3-8,10H,2,9,16H2,1H3. The third-order valence-corrected chi connectivity index (χ3v) is 4.88. The van der Waals surface area contributed by atoms with Crippen LogP contribution in [0.2, 0.25) is 0 Å². The maximum absolute atomic E-state index is 13.0. The molecule has 0 unspecified atom stereocenters. The van der Waals surface area contributed by atoms with Gasteiger partial charge in [-0.05, 0) is 43.3 Å². The summed E-state index contributed by atoms with van der Waals surface area (Å²) in [5, 5.41) is 0. The smallest absolute Gasteiger partial charge is 0.265 e. The van der Waals surface area contributed by atoms with Crippen molar-refractivity contribution in [3.05, 3.63) is 54.1 Å². The van der Waals surface area contributed by atoms with Crippen molar-refractivity contribution in [2.75, 3.05) is 10.8 Å². The minimum atomic E-state index is -3.73. The molecule has 0 aliphatic heterocycles. The zero-order chi connectivity index (χ0) is 15.5. The van der Waals surface area contributed by atoms with Gasteiger partial charge in [0.15, 0.2) is 0 Å². The van der Waals surface area contributed by atoms with Crippen molar-refractivity contribution >= 4 is 15.7 Å². The van der Waals surface area contributed by atoms with Gasteiger partial charge < -0.3 is 5.73 Å². The number of nitrogens with two attached hydrogens (primary N) is 1. The van der Waals surface area contributed by atoms with Gasteiger partial charge in [0.25, 0.3) is 10.0 Å². The van der Waals surface area contributed by atoms with Crippen LogP contribution < -0.4 is 10.0 Å². The Kier molecular flexibility index (Phi) is 4.54. The number of sulfonamides is 1. The number of pyridine rings is 1. The summed E-state index contributed by atoms with van der Waals surface area (Å²) in [4.78, 5) is 4.07. The SMILES string of the molecule is CCN(c1ccc(F)cc1)S(=O)(=O)c1ccc(CN)nc1.